The highest BCUT2D eigenvalue weighted by Crippen LogP contribution is 2.20. The van der Waals surface area contributed by atoms with Gasteiger partial charge in [-0.2, -0.15) is 5.26 Å². The summed E-state index contributed by atoms with van der Waals surface area (Å²) >= 11 is 0. The van der Waals surface area contributed by atoms with Crippen molar-refractivity contribution in [2.75, 3.05) is 13.1 Å². The summed E-state index contributed by atoms with van der Waals surface area (Å²) < 4.78 is 0. The van der Waals surface area contributed by atoms with Crippen LogP contribution in [0.2, 0.25) is 0 Å². The molecule has 0 spiro atoms. The number of aliphatic imine (C=N–C) groups is 1. The predicted molar refractivity (Wildman–Crippen MR) is 56.8 cm³/mol. The van der Waals surface area contributed by atoms with E-state index in [0.717, 1.165) is 0 Å². The molecule has 82 valence electrons. The normalized spacial score (nSPS) is 18.8. The van der Waals surface area contributed by atoms with Gasteiger partial charge in [0, 0.05) is 19.5 Å². The molecule has 0 radical (unpaired) electrons. The van der Waals surface area contributed by atoms with Crippen LogP contribution in [0.5, 0.6) is 0 Å². The van der Waals surface area contributed by atoms with Crippen molar-refractivity contribution in [3.63, 3.8) is 0 Å². The van der Waals surface area contributed by atoms with Crippen LogP contribution >= 0.6 is 0 Å². The Morgan fingerprint density at radius 2 is 2.33 bits per heavy atom. The van der Waals surface area contributed by atoms with Crippen LogP contribution < -0.4 is 5.32 Å². The highest BCUT2D eigenvalue weighted by molar-refractivity contribution is 5.98. The number of nitriles is 1. The number of hydrogen-bond acceptors (Lipinski definition) is 3. The average Bonchev–Trinajstić information content (AvgIpc) is 2.49. The molecule has 5 heteroatoms. The van der Waals surface area contributed by atoms with Crippen molar-refractivity contribution in [1.82, 2.24) is 10.2 Å². The Labute approximate surface area is 89.8 Å². The Balaban J connectivity index is 2.68. The fraction of sp³-hybridized carbons (Fsp3) is 0.700. The predicted octanol–water partition coefficient (Wildman–Crippen LogP) is 0.691. The molecule has 0 bridgehead atoms. The smallest absolute Gasteiger partial charge is 0.229 e. The third-order valence-corrected chi connectivity index (χ3v) is 2.01. The van der Waals surface area contributed by atoms with Gasteiger partial charge in [-0.05, 0) is 5.41 Å². The lowest BCUT2D eigenvalue weighted by atomic mass is 9.92. The van der Waals surface area contributed by atoms with E-state index < -0.39 is 0 Å². The number of rotatable bonds is 1. The van der Waals surface area contributed by atoms with Crippen molar-refractivity contribution in [2.45, 2.75) is 27.2 Å². The second kappa shape index (κ2) is 4.30. The molecule has 1 heterocycles. The Kier molecular flexibility index (Phi) is 3.30. The van der Waals surface area contributed by atoms with Gasteiger partial charge in [0.25, 0.3) is 0 Å². The monoisotopic (exact) mass is 208 g/mol. The van der Waals surface area contributed by atoms with Crippen molar-refractivity contribution in [3.8, 4) is 6.19 Å². The number of amides is 1. The first kappa shape index (κ1) is 11.5. The maximum atomic E-state index is 11.8. The summed E-state index contributed by atoms with van der Waals surface area (Å²) in [7, 11) is 0. The zero-order valence-corrected chi connectivity index (χ0v) is 9.37. The van der Waals surface area contributed by atoms with Crippen molar-refractivity contribution < 1.29 is 4.79 Å². The van der Waals surface area contributed by atoms with E-state index in [9.17, 15) is 4.79 Å². The van der Waals surface area contributed by atoms with Gasteiger partial charge >= 0.3 is 0 Å². The van der Waals surface area contributed by atoms with Crippen LogP contribution in [-0.4, -0.2) is 29.9 Å². The van der Waals surface area contributed by atoms with E-state index in [-0.39, 0.29) is 11.3 Å². The van der Waals surface area contributed by atoms with Crippen LogP contribution in [0.15, 0.2) is 4.99 Å². The third kappa shape index (κ3) is 3.24. The van der Waals surface area contributed by atoms with E-state index in [1.54, 1.807) is 6.19 Å². The van der Waals surface area contributed by atoms with Crippen LogP contribution in [-0.2, 0) is 4.79 Å². The van der Waals surface area contributed by atoms with Crippen molar-refractivity contribution in [3.05, 3.63) is 0 Å². The summed E-state index contributed by atoms with van der Waals surface area (Å²) in [5.41, 5.74) is -0.0442. The molecule has 0 aromatic carbocycles. The molecule has 0 aromatic heterocycles. The summed E-state index contributed by atoms with van der Waals surface area (Å²) in [6, 6.07) is 0. The molecule has 1 aliphatic rings. The highest BCUT2D eigenvalue weighted by atomic mass is 16.2. The number of nitrogens with one attached hydrogen (secondary N) is 1. The molecule has 15 heavy (non-hydrogen) atoms. The summed E-state index contributed by atoms with van der Waals surface area (Å²) in [5, 5.41) is 11.4. The summed E-state index contributed by atoms with van der Waals surface area (Å²) in [4.78, 5) is 17.0. The van der Waals surface area contributed by atoms with Crippen molar-refractivity contribution in [2.24, 2.45) is 10.4 Å². The quantitative estimate of drug-likeness (QED) is 0.645. The lowest BCUT2D eigenvalue weighted by Gasteiger charge is -2.21. The molecule has 1 amide bonds. The van der Waals surface area contributed by atoms with E-state index in [1.807, 2.05) is 20.8 Å². The van der Waals surface area contributed by atoms with Gasteiger partial charge in [0.05, 0.1) is 0 Å². The van der Waals surface area contributed by atoms with Crippen molar-refractivity contribution >= 4 is 11.9 Å². The number of carbonyl (C=O) groups excluding carboxylic acids is 1. The SMILES string of the molecule is CC(C)(C)CC(=O)N1CCNC1=NC#N. The fourth-order valence-electron chi connectivity index (χ4n) is 1.42. The largest absolute Gasteiger partial charge is 0.353 e. The highest BCUT2D eigenvalue weighted by Gasteiger charge is 2.27. The molecule has 5 nitrogen and oxygen atoms in total. The minimum absolute atomic E-state index is 0.0153. The first-order valence-corrected chi connectivity index (χ1v) is 4.95. The molecule has 1 fully saturated rings. The van der Waals surface area contributed by atoms with E-state index >= 15 is 0 Å². The molecule has 1 N–H and O–H groups in total. The second-order valence-corrected chi connectivity index (χ2v) is 4.75. The standard InChI is InChI=1S/C10H16N4O/c1-10(2,3)6-8(15)14-5-4-12-9(14)13-7-11/h4-6H2,1-3H3,(H,12,13). The maximum absolute atomic E-state index is 11.8. The number of nitrogens with zero attached hydrogens (tertiary/aromatic N) is 3. The molecule has 0 aromatic rings. The second-order valence-electron chi connectivity index (χ2n) is 4.75. The minimum atomic E-state index is -0.0442. The first-order valence-electron chi connectivity index (χ1n) is 4.95. The molecule has 1 saturated heterocycles. The van der Waals surface area contributed by atoms with Gasteiger partial charge in [-0.25, -0.2) is 0 Å². The van der Waals surface area contributed by atoms with E-state index in [2.05, 4.69) is 10.3 Å². The summed E-state index contributed by atoms with van der Waals surface area (Å²) in [6.45, 7) is 7.28. The zero-order valence-electron chi connectivity index (χ0n) is 9.37. The molecule has 0 atom stereocenters. The number of hydrogen-bond donors (Lipinski definition) is 1. The summed E-state index contributed by atoms with van der Waals surface area (Å²) in [6.07, 6.45) is 2.15. The van der Waals surface area contributed by atoms with Gasteiger partial charge in [-0.3, -0.25) is 9.69 Å². The van der Waals surface area contributed by atoms with Crippen LogP contribution in [0.25, 0.3) is 0 Å². The summed E-state index contributed by atoms with van der Waals surface area (Å²) in [5.74, 6) is 0.397. The molecular formula is C10H16N4O. The molecular weight excluding hydrogens is 192 g/mol. The van der Waals surface area contributed by atoms with Gasteiger partial charge in [0.1, 0.15) is 0 Å². The van der Waals surface area contributed by atoms with Gasteiger partial charge in [-0.15, -0.1) is 4.99 Å². The van der Waals surface area contributed by atoms with E-state index in [1.165, 1.54) is 4.90 Å². The van der Waals surface area contributed by atoms with Crippen molar-refractivity contribution in [1.29, 1.82) is 5.26 Å². The van der Waals surface area contributed by atoms with E-state index in [4.69, 9.17) is 5.26 Å². The lowest BCUT2D eigenvalue weighted by Crippen LogP contribution is -2.37. The fourth-order valence-corrected chi connectivity index (χ4v) is 1.42. The van der Waals surface area contributed by atoms with Gasteiger partial charge < -0.3 is 5.32 Å². The molecule has 1 rings (SSSR count). The topological polar surface area (TPSA) is 68.5 Å². The molecule has 0 unspecified atom stereocenters. The van der Waals surface area contributed by atoms with Crippen LogP contribution in [0.4, 0.5) is 0 Å². The average molecular weight is 208 g/mol. The van der Waals surface area contributed by atoms with Gasteiger partial charge in [-0.1, -0.05) is 20.8 Å². The van der Waals surface area contributed by atoms with Crippen LogP contribution in [0, 0.1) is 16.9 Å². The maximum Gasteiger partial charge on any atom is 0.229 e. The first-order chi connectivity index (χ1) is 6.94. The third-order valence-electron chi connectivity index (χ3n) is 2.01. The van der Waals surface area contributed by atoms with E-state index in [0.29, 0.717) is 25.5 Å². The minimum Gasteiger partial charge on any atom is -0.353 e. The Hall–Kier alpha value is -1.57. The Bertz CT molecular complexity index is 321. The lowest BCUT2D eigenvalue weighted by molar-refractivity contribution is -0.128. The number of carbonyl (C=O) groups is 1. The number of guanidine groups is 1. The van der Waals surface area contributed by atoms with Crippen LogP contribution in [0.3, 0.4) is 0 Å². The van der Waals surface area contributed by atoms with Gasteiger partial charge in [0.15, 0.2) is 0 Å². The molecule has 0 saturated carbocycles. The van der Waals surface area contributed by atoms with Crippen LogP contribution in [0.1, 0.15) is 27.2 Å². The molecule has 0 aliphatic carbocycles. The van der Waals surface area contributed by atoms with Gasteiger partial charge in [0.2, 0.25) is 18.1 Å². The zero-order chi connectivity index (χ0) is 11.5. The molecule has 1 aliphatic heterocycles. The Morgan fingerprint density at radius 3 is 2.87 bits per heavy atom. The Morgan fingerprint density at radius 1 is 1.67 bits per heavy atom.